The summed E-state index contributed by atoms with van der Waals surface area (Å²) in [4.78, 5) is 6.12. The van der Waals surface area contributed by atoms with Crippen LogP contribution in [0.15, 0.2) is 34.9 Å². The molecular weight excluding hydrogens is 202 g/mol. The van der Waals surface area contributed by atoms with Crippen molar-refractivity contribution in [2.45, 2.75) is 6.54 Å². The van der Waals surface area contributed by atoms with Gasteiger partial charge in [-0.05, 0) is 24.3 Å². The molecule has 2 N–H and O–H groups in total. The van der Waals surface area contributed by atoms with Crippen LogP contribution in [0.3, 0.4) is 0 Å². The lowest BCUT2D eigenvalue weighted by molar-refractivity contribution is 0.509. The van der Waals surface area contributed by atoms with Crippen molar-refractivity contribution in [2.75, 3.05) is 19.0 Å². The number of aromatic nitrogens is 1. The molecule has 1 heterocycles. The fraction of sp³-hybridized carbons (Fsp3) is 0.250. The van der Waals surface area contributed by atoms with Gasteiger partial charge < -0.3 is 15.1 Å². The molecule has 1 aromatic carbocycles. The maximum atomic E-state index is 5.47. The molecule has 0 spiro atoms. The summed E-state index contributed by atoms with van der Waals surface area (Å²) in [5, 5.41) is 0. The van der Waals surface area contributed by atoms with E-state index < -0.39 is 0 Å². The van der Waals surface area contributed by atoms with Crippen molar-refractivity contribution in [3.05, 3.63) is 36.4 Å². The quantitative estimate of drug-likeness (QED) is 0.852. The second-order valence-corrected chi connectivity index (χ2v) is 3.76. The van der Waals surface area contributed by atoms with Gasteiger partial charge >= 0.3 is 0 Å². The van der Waals surface area contributed by atoms with E-state index in [1.54, 1.807) is 6.20 Å². The Morgan fingerprint density at radius 2 is 1.94 bits per heavy atom. The first-order chi connectivity index (χ1) is 7.70. The van der Waals surface area contributed by atoms with Gasteiger partial charge in [-0.1, -0.05) is 0 Å². The van der Waals surface area contributed by atoms with Crippen molar-refractivity contribution >= 4 is 5.69 Å². The molecule has 0 saturated heterocycles. The summed E-state index contributed by atoms with van der Waals surface area (Å²) >= 11 is 0. The monoisotopic (exact) mass is 217 g/mol. The Hall–Kier alpha value is -1.81. The molecule has 2 aromatic rings. The topological polar surface area (TPSA) is 55.3 Å². The van der Waals surface area contributed by atoms with E-state index in [1.165, 1.54) is 0 Å². The molecule has 0 amide bonds. The number of hydrogen-bond acceptors (Lipinski definition) is 4. The van der Waals surface area contributed by atoms with Gasteiger partial charge in [-0.3, -0.25) is 0 Å². The molecule has 0 unspecified atom stereocenters. The molecule has 0 saturated carbocycles. The average molecular weight is 217 g/mol. The summed E-state index contributed by atoms with van der Waals surface area (Å²) in [6.45, 7) is 0.329. The molecular formula is C12H15N3O. The van der Waals surface area contributed by atoms with Crippen LogP contribution in [0.1, 0.15) is 5.89 Å². The Labute approximate surface area is 94.7 Å². The van der Waals surface area contributed by atoms with Crippen molar-refractivity contribution in [3.63, 3.8) is 0 Å². The van der Waals surface area contributed by atoms with E-state index in [4.69, 9.17) is 10.2 Å². The van der Waals surface area contributed by atoms with Gasteiger partial charge in [0.2, 0.25) is 5.89 Å². The molecule has 0 aliphatic rings. The van der Waals surface area contributed by atoms with E-state index in [1.807, 2.05) is 38.4 Å². The Balaban J connectivity index is 2.27. The first kappa shape index (κ1) is 10.7. The van der Waals surface area contributed by atoms with Crippen LogP contribution < -0.4 is 10.6 Å². The molecule has 0 bridgehead atoms. The zero-order chi connectivity index (χ0) is 11.5. The molecule has 2 rings (SSSR count). The molecule has 1 aromatic heterocycles. The number of hydrogen-bond donors (Lipinski definition) is 1. The lowest BCUT2D eigenvalue weighted by Crippen LogP contribution is -2.07. The zero-order valence-corrected chi connectivity index (χ0v) is 9.47. The van der Waals surface area contributed by atoms with Crippen LogP contribution in [0.5, 0.6) is 0 Å². The van der Waals surface area contributed by atoms with Gasteiger partial charge in [0.1, 0.15) is 0 Å². The Morgan fingerprint density at radius 3 is 2.44 bits per heavy atom. The summed E-state index contributed by atoms with van der Waals surface area (Å²) < 4.78 is 5.47. The molecule has 0 atom stereocenters. The second-order valence-electron chi connectivity index (χ2n) is 3.76. The maximum Gasteiger partial charge on any atom is 0.208 e. The molecule has 4 heteroatoms. The van der Waals surface area contributed by atoms with Crippen LogP contribution in [-0.4, -0.2) is 19.1 Å². The van der Waals surface area contributed by atoms with Crippen molar-refractivity contribution in [1.29, 1.82) is 0 Å². The summed E-state index contributed by atoms with van der Waals surface area (Å²) in [6, 6.07) is 8.10. The molecule has 16 heavy (non-hydrogen) atoms. The Morgan fingerprint density at radius 1 is 1.25 bits per heavy atom. The smallest absolute Gasteiger partial charge is 0.208 e. The minimum Gasteiger partial charge on any atom is -0.439 e. The van der Waals surface area contributed by atoms with E-state index in [-0.39, 0.29) is 0 Å². The van der Waals surface area contributed by atoms with Gasteiger partial charge in [0.15, 0.2) is 5.76 Å². The lowest BCUT2D eigenvalue weighted by atomic mass is 10.1. The van der Waals surface area contributed by atoms with Gasteiger partial charge in [0.25, 0.3) is 0 Å². The molecule has 84 valence electrons. The summed E-state index contributed by atoms with van der Waals surface area (Å²) in [5.74, 6) is 1.32. The number of nitrogens with zero attached hydrogens (tertiary/aromatic N) is 2. The van der Waals surface area contributed by atoms with Gasteiger partial charge in [-0.2, -0.15) is 0 Å². The third-order valence-electron chi connectivity index (χ3n) is 2.40. The molecule has 0 fully saturated rings. The Bertz CT molecular complexity index is 459. The minimum atomic E-state index is 0.329. The summed E-state index contributed by atoms with van der Waals surface area (Å²) in [5.41, 5.74) is 7.61. The van der Waals surface area contributed by atoms with E-state index in [0.717, 1.165) is 17.0 Å². The van der Waals surface area contributed by atoms with Crippen LogP contribution in [0.25, 0.3) is 11.3 Å². The predicted molar refractivity (Wildman–Crippen MR) is 64.2 cm³/mol. The largest absolute Gasteiger partial charge is 0.439 e. The standard InChI is InChI=1S/C12H15N3O/c1-15(2)10-5-3-9(4-6-10)11-8-14-12(7-13)16-11/h3-6,8H,7,13H2,1-2H3. The lowest BCUT2D eigenvalue weighted by Gasteiger charge is -2.11. The van der Waals surface area contributed by atoms with E-state index in [9.17, 15) is 0 Å². The number of oxazole rings is 1. The van der Waals surface area contributed by atoms with Crippen molar-refractivity contribution in [3.8, 4) is 11.3 Å². The van der Waals surface area contributed by atoms with Crippen LogP contribution in [0.2, 0.25) is 0 Å². The highest BCUT2D eigenvalue weighted by Gasteiger charge is 2.05. The van der Waals surface area contributed by atoms with Gasteiger partial charge in [0, 0.05) is 25.3 Å². The van der Waals surface area contributed by atoms with Crippen molar-refractivity contribution in [1.82, 2.24) is 4.98 Å². The van der Waals surface area contributed by atoms with E-state index in [0.29, 0.717) is 12.4 Å². The van der Waals surface area contributed by atoms with Crippen LogP contribution >= 0.6 is 0 Å². The second kappa shape index (κ2) is 4.37. The van der Waals surface area contributed by atoms with Crippen molar-refractivity contribution < 1.29 is 4.42 Å². The molecule has 0 aliphatic carbocycles. The van der Waals surface area contributed by atoms with Crippen LogP contribution in [0.4, 0.5) is 5.69 Å². The third kappa shape index (κ3) is 2.06. The van der Waals surface area contributed by atoms with Gasteiger partial charge in [0.05, 0.1) is 12.7 Å². The number of anilines is 1. The van der Waals surface area contributed by atoms with E-state index in [2.05, 4.69) is 9.88 Å². The maximum absolute atomic E-state index is 5.47. The Kier molecular flexibility index (Phi) is 2.92. The van der Waals surface area contributed by atoms with E-state index >= 15 is 0 Å². The SMILES string of the molecule is CN(C)c1ccc(-c2cnc(CN)o2)cc1. The number of benzene rings is 1. The first-order valence-corrected chi connectivity index (χ1v) is 5.13. The van der Waals surface area contributed by atoms with Crippen LogP contribution in [0, 0.1) is 0 Å². The number of nitrogens with two attached hydrogens (primary N) is 1. The fourth-order valence-corrected chi connectivity index (χ4v) is 1.46. The molecule has 4 nitrogen and oxygen atoms in total. The molecule has 0 aliphatic heterocycles. The highest BCUT2D eigenvalue weighted by Crippen LogP contribution is 2.22. The normalized spacial score (nSPS) is 10.4. The third-order valence-corrected chi connectivity index (χ3v) is 2.40. The summed E-state index contributed by atoms with van der Waals surface area (Å²) in [6.07, 6.45) is 1.70. The predicted octanol–water partition coefficient (Wildman–Crippen LogP) is 1.87. The highest BCUT2D eigenvalue weighted by atomic mass is 16.4. The average Bonchev–Trinajstić information content (AvgIpc) is 2.77. The minimum absolute atomic E-state index is 0.329. The van der Waals surface area contributed by atoms with Crippen molar-refractivity contribution in [2.24, 2.45) is 5.73 Å². The fourth-order valence-electron chi connectivity index (χ4n) is 1.46. The van der Waals surface area contributed by atoms with Gasteiger partial charge in [-0.25, -0.2) is 4.98 Å². The summed E-state index contributed by atoms with van der Waals surface area (Å²) in [7, 11) is 4.02. The first-order valence-electron chi connectivity index (χ1n) is 5.13. The van der Waals surface area contributed by atoms with Gasteiger partial charge in [-0.15, -0.1) is 0 Å². The zero-order valence-electron chi connectivity index (χ0n) is 9.47. The van der Waals surface area contributed by atoms with Crippen LogP contribution in [-0.2, 0) is 6.54 Å². The highest BCUT2D eigenvalue weighted by molar-refractivity contribution is 5.61. The number of rotatable bonds is 3. The molecule has 0 radical (unpaired) electrons.